The topological polar surface area (TPSA) is 225 Å². The minimum Gasteiger partial charge on any atom is -0.338 e. The van der Waals surface area contributed by atoms with Gasteiger partial charge in [-0.25, -0.2) is 58.8 Å². The van der Waals surface area contributed by atoms with Gasteiger partial charge in [0, 0.05) is 22.3 Å². The molecule has 3 heterocycles. The van der Waals surface area contributed by atoms with E-state index in [1.165, 1.54) is 81.8 Å². The lowest BCUT2D eigenvalue weighted by Crippen LogP contribution is -2.19. The molecule has 0 unspecified atom stereocenters. The Balaban J connectivity index is 0.000000161. The zero-order chi connectivity index (χ0) is 71.4. The third-order valence-corrected chi connectivity index (χ3v) is 19.7. The first-order valence-corrected chi connectivity index (χ1v) is 34.0. The fraction of sp³-hybridized carbons (Fsp3) is 0.113. The zero-order valence-electron chi connectivity index (χ0n) is 52.6. The number of imidazole rings is 3. The van der Waals surface area contributed by atoms with Crippen LogP contribution >= 0.6 is 0 Å². The van der Waals surface area contributed by atoms with Crippen molar-refractivity contribution in [2.45, 2.75) is 47.1 Å². The van der Waals surface area contributed by atoms with Crippen molar-refractivity contribution in [3.05, 3.63) is 250 Å². The number of aromatic nitrogens is 6. The molecule has 0 aliphatic heterocycles. The lowest BCUT2D eigenvalue weighted by Gasteiger charge is -2.10. The summed E-state index contributed by atoms with van der Waals surface area (Å²) in [5, 5.41) is 0. The third-order valence-electron chi connectivity index (χ3n) is 15.3. The van der Waals surface area contributed by atoms with Gasteiger partial charge in [0.25, 0.3) is 0 Å². The molecule has 0 spiro atoms. The molecule has 0 aliphatic carbocycles. The number of alkyl halides is 9. The maximum absolute atomic E-state index is 14.2. The Morgan fingerprint density at radius 1 is 0.374 bits per heavy atom. The third kappa shape index (κ3) is 16.6. The Kier molecular flexibility index (Phi) is 20.6. The van der Waals surface area contributed by atoms with Gasteiger partial charge in [-0.3, -0.25) is 0 Å². The normalized spacial score (nSPS) is 12.6. The smallest absolute Gasteiger partial charge is 0.338 e. The van der Waals surface area contributed by atoms with Crippen molar-refractivity contribution < 1.29 is 69.2 Å². The molecule has 0 aliphatic rings. The van der Waals surface area contributed by atoms with E-state index in [1.54, 1.807) is 141 Å². The fourth-order valence-electron chi connectivity index (χ4n) is 10.5. The number of aryl methyl sites for hydroxylation is 2. The van der Waals surface area contributed by atoms with E-state index in [9.17, 15) is 69.2 Å². The van der Waals surface area contributed by atoms with Crippen molar-refractivity contribution in [2.24, 2.45) is 0 Å². The Bertz CT molecular complexity index is 5490. The predicted octanol–water partition coefficient (Wildman–Crippen LogP) is 16.7. The SMILES string of the molecule is CNS(=O)(=O)c1ccccc1-c1ccc2nc(/C=C/c3cc(C)cc(C(F)(F)F)c3)[nH]c2c1.CNS(=O)(=O)c1ccccc1-c1ccc2nc(/C=C/c3cc(C)ccc3C(F)(F)F)[nH]c2c1.CNS(=O)(=O)c1ccccc1-c1ccc2nc(/C=C/c3cccc(C(F)(F)F)c3F)[nH]c2c1. The van der Waals surface area contributed by atoms with Gasteiger partial charge in [-0.1, -0.05) is 121 Å². The van der Waals surface area contributed by atoms with Crippen LogP contribution in [0.4, 0.5) is 43.9 Å². The van der Waals surface area contributed by atoms with Crippen molar-refractivity contribution in [3.8, 4) is 33.4 Å². The maximum Gasteiger partial charge on any atom is 0.419 e. The van der Waals surface area contributed by atoms with Gasteiger partial charge in [-0.2, -0.15) is 39.5 Å². The van der Waals surface area contributed by atoms with E-state index in [2.05, 4.69) is 44.1 Å². The van der Waals surface area contributed by atoms with Crippen LogP contribution in [0.2, 0.25) is 0 Å². The summed E-state index contributed by atoms with van der Waals surface area (Å²) >= 11 is 0. The van der Waals surface area contributed by atoms with Crippen LogP contribution in [0.25, 0.3) is 103 Å². The average Bonchev–Trinajstić information content (AvgIpc) is 1.77. The van der Waals surface area contributed by atoms with Gasteiger partial charge in [0.1, 0.15) is 23.3 Å². The predicted molar refractivity (Wildman–Crippen MR) is 364 cm³/mol. The lowest BCUT2D eigenvalue weighted by molar-refractivity contribution is -0.140. The molecule has 0 saturated carbocycles. The van der Waals surface area contributed by atoms with Gasteiger partial charge < -0.3 is 15.0 Å². The summed E-state index contributed by atoms with van der Waals surface area (Å²) in [6.45, 7) is 3.34. The van der Waals surface area contributed by atoms with Crippen molar-refractivity contribution >= 4 is 99.6 Å². The number of halogens is 10. The van der Waals surface area contributed by atoms with Gasteiger partial charge in [-0.15, -0.1) is 0 Å². The standard InChI is InChI=1S/2C24H20F3N3O2S.C23H17F4N3O2S/c1-15-7-10-19(24(25,26)27)17(13-15)9-12-23-29-20-11-8-16(14-21(20)30-23)18-5-3-4-6-22(18)33(31,32)28-2;1-15-11-16(13-18(12-15)24(25,26)27)7-10-23-29-20-9-8-17(14-21(20)30-23)19-5-3-4-6-22(19)33(31,32)28-2;1-28-33(31,32)20-8-3-2-6-16(20)15-9-11-18-19(13-15)30-21(29-18)12-10-14-5-4-7-17(22(14)24)23(25,26)27/h2*3-14,28H,1-2H3,(H,29,30);2-13,28H,1H3,(H,29,30)/b12-9+;10-7+;12-10+. The number of sulfonamides is 3. The molecule has 3 aromatic heterocycles. The van der Waals surface area contributed by atoms with Crippen LogP contribution in [0.15, 0.2) is 197 Å². The first-order valence-electron chi connectivity index (χ1n) is 29.6. The highest BCUT2D eigenvalue weighted by Gasteiger charge is 2.35. The van der Waals surface area contributed by atoms with Crippen LogP contribution in [0.3, 0.4) is 0 Å². The summed E-state index contributed by atoms with van der Waals surface area (Å²) in [7, 11) is -6.96. The molecule has 6 N–H and O–H groups in total. The second-order valence-electron chi connectivity index (χ2n) is 22.1. The number of nitrogens with one attached hydrogen (secondary N) is 6. The second-order valence-corrected chi connectivity index (χ2v) is 27.7. The Morgan fingerprint density at radius 2 is 0.768 bits per heavy atom. The monoisotopic (exact) mass is 1420 g/mol. The van der Waals surface area contributed by atoms with E-state index >= 15 is 0 Å². The van der Waals surface area contributed by atoms with Crippen LogP contribution < -0.4 is 14.2 Å². The molecule has 99 heavy (non-hydrogen) atoms. The van der Waals surface area contributed by atoms with Crippen molar-refractivity contribution in [1.29, 1.82) is 0 Å². The molecule has 0 atom stereocenters. The number of hydrogen-bond donors (Lipinski definition) is 6. The summed E-state index contributed by atoms with van der Waals surface area (Å²) in [5.74, 6) is -0.210. The number of nitrogens with zero attached hydrogens (tertiary/aromatic N) is 3. The fourth-order valence-corrected chi connectivity index (χ4v) is 13.4. The molecule has 0 saturated heterocycles. The molecule has 28 heteroatoms. The first kappa shape index (κ1) is 71.4. The summed E-state index contributed by atoms with van der Waals surface area (Å²) < 4.78 is 213. The largest absolute Gasteiger partial charge is 0.419 e. The molecule has 15 nitrogen and oxygen atoms in total. The number of fused-ring (bicyclic) bond motifs is 3. The Hall–Kier alpha value is -10.4. The van der Waals surface area contributed by atoms with E-state index in [1.807, 2.05) is 0 Å². The number of benzene rings is 9. The average molecular weight is 1420 g/mol. The number of hydrogen-bond acceptors (Lipinski definition) is 9. The second kappa shape index (κ2) is 28.6. The molecule has 0 bridgehead atoms. The minimum absolute atomic E-state index is 0.0508. The van der Waals surface area contributed by atoms with E-state index in [0.717, 1.165) is 24.3 Å². The van der Waals surface area contributed by atoms with Gasteiger partial charge in [0.05, 0.1) is 64.5 Å². The van der Waals surface area contributed by atoms with Crippen LogP contribution in [0.5, 0.6) is 0 Å². The minimum atomic E-state index is -4.79. The molecule has 12 rings (SSSR count). The van der Waals surface area contributed by atoms with E-state index in [0.29, 0.717) is 107 Å². The molecular weight excluding hydrogens is 1360 g/mol. The lowest BCUT2D eigenvalue weighted by atomic mass is 10.0. The Labute approximate surface area is 561 Å². The van der Waals surface area contributed by atoms with E-state index < -0.39 is 71.1 Å². The molecule has 9 aromatic carbocycles. The summed E-state index contributed by atoms with van der Waals surface area (Å²) in [5.41, 5.74) is 5.91. The zero-order valence-corrected chi connectivity index (χ0v) is 55.0. The highest BCUT2D eigenvalue weighted by atomic mass is 32.2. The van der Waals surface area contributed by atoms with Crippen molar-refractivity contribution in [2.75, 3.05) is 21.1 Å². The highest BCUT2D eigenvalue weighted by molar-refractivity contribution is 7.90. The Morgan fingerprint density at radius 3 is 1.16 bits per heavy atom. The molecule has 0 fully saturated rings. The number of H-pyrrole nitrogens is 3. The van der Waals surface area contributed by atoms with Crippen molar-refractivity contribution in [3.63, 3.8) is 0 Å². The first-order chi connectivity index (χ1) is 46.7. The summed E-state index contributed by atoms with van der Waals surface area (Å²) in [4.78, 5) is 22.8. The molecular formula is C71H57F10N9O6S3. The van der Waals surface area contributed by atoms with Gasteiger partial charge >= 0.3 is 18.5 Å². The van der Waals surface area contributed by atoms with Gasteiger partial charge in [0.2, 0.25) is 30.1 Å². The van der Waals surface area contributed by atoms with E-state index in [-0.39, 0.29) is 25.8 Å². The van der Waals surface area contributed by atoms with Crippen LogP contribution in [-0.4, -0.2) is 76.3 Å². The molecule has 510 valence electrons. The quantitative estimate of drug-likeness (QED) is 0.0536. The van der Waals surface area contributed by atoms with Crippen molar-refractivity contribution in [1.82, 2.24) is 44.1 Å². The van der Waals surface area contributed by atoms with Gasteiger partial charge in [0.15, 0.2) is 0 Å². The maximum atomic E-state index is 14.2. The molecule has 0 amide bonds. The van der Waals surface area contributed by atoms with Crippen LogP contribution in [0.1, 0.15) is 62.0 Å². The molecule has 12 aromatic rings. The summed E-state index contributed by atoms with van der Waals surface area (Å²) in [6.07, 6.45) is -5.05. The summed E-state index contributed by atoms with van der Waals surface area (Å²) in [6, 6.07) is 46.4. The van der Waals surface area contributed by atoms with E-state index in [4.69, 9.17) is 0 Å². The number of rotatable bonds is 15. The molecule has 0 radical (unpaired) electrons. The van der Waals surface area contributed by atoms with Crippen LogP contribution in [-0.2, 0) is 48.6 Å². The number of aromatic amines is 3. The van der Waals surface area contributed by atoms with Crippen LogP contribution in [0, 0.1) is 19.7 Å². The highest BCUT2D eigenvalue weighted by Crippen LogP contribution is 2.38. The van der Waals surface area contributed by atoms with Gasteiger partial charge in [-0.05, 0) is 172 Å².